The van der Waals surface area contributed by atoms with Crippen LogP contribution in [0.15, 0.2) is 16.5 Å². The molecule has 0 aromatic carbocycles. The highest BCUT2D eigenvalue weighted by Crippen LogP contribution is 2.28. The van der Waals surface area contributed by atoms with E-state index in [4.69, 9.17) is 4.42 Å². The van der Waals surface area contributed by atoms with Crippen molar-refractivity contribution < 1.29 is 9.52 Å². The maximum absolute atomic E-state index is 10.1. The van der Waals surface area contributed by atoms with Crippen LogP contribution in [0.4, 0.5) is 0 Å². The highest BCUT2D eigenvalue weighted by molar-refractivity contribution is 5.05. The smallest absolute Gasteiger partial charge is 0.118 e. The fourth-order valence-electron chi connectivity index (χ4n) is 2.97. The zero-order valence-electron chi connectivity index (χ0n) is 11.6. The van der Waals surface area contributed by atoms with Gasteiger partial charge in [0.15, 0.2) is 0 Å². The zero-order chi connectivity index (χ0) is 13.0. The van der Waals surface area contributed by atoms with Gasteiger partial charge in [-0.15, -0.1) is 0 Å². The molecule has 3 nitrogen and oxygen atoms in total. The lowest BCUT2D eigenvalue weighted by Gasteiger charge is -2.21. The van der Waals surface area contributed by atoms with Crippen LogP contribution < -0.4 is 0 Å². The van der Waals surface area contributed by atoms with Crippen LogP contribution in [0.1, 0.15) is 43.6 Å². The lowest BCUT2D eigenvalue weighted by molar-refractivity contribution is 0.0967. The van der Waals surface area contributed by atoms with E-state index in [9.17, 15) is 5.11 Å². The van der Waals surface area contributed by atoms with Crippen molar-refractivity contribution in [3.8, 4) is 0 Å². The molecular formula is C15H25NO2. The summed E-state index contributed by atoms with van der Waals surface area (Å²) < 4.78 is 5.55. The summed E-state index contributed by atoms with van der Waals surface area (Å²) >= 11 is 0. The van der Waals surface area contributed by atoms with Gasteiger partial charge in [-0.3, -0.25) is 4.90 Å². The summed E-state index contributed by atoms with van der Waals surface area (Å²) in [7, 11) is 2.04. The number of aryl methyl sites for hydroxylation is 1. The predicted molar refractivity (Wildman–Crippen MR) is 72.4 cm³/mol. The summed E-state index contributed by atoms with van der Waals surface area (Å²) in [6, 6.07) is 3.99. The third kappa shape index (κ3) is 4.14. The van der Waals surface area contributed by atoms with Crippen molar-refractivity contribution in [1.29, 1.82) is 0 Å². The Morgan fingerprint density at radius 1 is 1.39 bits per heavy atom. The van der Waals surface area contributed by atoms with E-state index < -0.39 is 0 Å². The topological polar surface area (TPSA) is 36.6 Å². The molecule has 1 aromatic rings. The highest BCUT2D eigenvalue weighted by atomic mass is 16.3. The van der Waals surface area contributed by atoms with E-state index >= 15 is 0 Å². The van der Waals surface area contributed by atoms with E-state index in [0.29, 0.717) is 0 Å². The Labute approximate surface area is 110 Å². The largest absolute Gasteiger partial charge is 0.465 e. The van der Waals surface area contributed by atoms with Gasteiger partial charge in [0.05, 0.1) is 12.6 Å². The summed E-state index contributed by atoms with van der Waals surface area (Å²) in [5.41, 5.74) is 0. The van der Waals surface area contributed by atoms with Gasteiger partial charge < -0.3 is 9.52 Å². The van der Waals surface area contributed by atoms with Crippen molar-refractivity contribution in [2.75, 3.05) is 13.6 Å². The average Bonchev–Trinajstić information content (AvgIpc) is 2.90. The van der Waals surface area contributed by atoms with Gasteiger partial charge in [-0.2, -0.15) is 0 Å². The standard InChI is InChI=1S/C15H25NO2/c1-12-7-8-15(18-12)11-16(2)10-14(17)9-13-5-3-4-6-13/h7-8,13-14,17H,3-6,9-11H2,1-2H3. The van der Waals surface area contributed by atoms with E-state index in [1.807, 2.05) is 26.1 Å². The molecule has 1 atom stereocenters. The van der Waals surface area contributed by atoms with Crippen LogP contribution in [-0.4, -0.2) is 29.7 Å². The first-order chi connectivity index (χ1) is 8.63. The first-order valence-electron chi connectivity index (χ1n) is 7.05. The number of likely N-dealkylation sites (N-methyl/N-ethyl adjacent to an activating group) is 1. The second kappa shape index (κ2) is 6.39. The molecule has 3 heteroatoms. The Balaban J connectivity index is 1.71. The Morgan fingerprint density at radius 2 is 2.11 bits per heavy atom. The molecule has 102 valence electrons. The maximum atomic E-state index is 10.1. The number of aliphatic hydroxyl groups excluding tert-OH is 1. The Hall–Kier alpha value is -0.800. The normalized spacial score (nSPS) is 18.7. The fraction of sp³-hybridized carbons (Fsp3) is 0.733. The molecule has 1 aliphatic carbocycles. The van der Waals surface area contributed by atoms with Crippen LogP contribution in [0.2, 0.25) is 0 Å². The Morgan fingerprint density at radius 3 is 2.72 bits per heavy atom. The average molecular weight is 251 g/mol. The molecule has 2 rings (SSSR count). The molecule has 0 aliphatic heterocycles. The van der Waals surface area contributed by atoms with Gasteiger partial charge in [0.25, 0.3) is 0 Å². The quantitative estimate of drug-likeness (QED) is 0.844. The predicted octanol–water partition coefficient (Wildman–Crippen LogP) is 2.96. The van der Waals surface area contributed by atoms with Gasteiger partial charge in [-0.25, -0.2) is 0 Å². The lowest BCUT2D eigenvalue weighted by atomic mass is 10.00. The molecule has 1 aromatic heterocycles. The minimum absolute atomic E-state index is 0.200. The molecule has 18 heavy (non-hydrogen) atoms. The molecule has 0 bridgehead atoms. The van der Waals surface area contributed by atoms with Gasteiger partial charge in [0.1, 0.15) is 11.5 Å². The van der Waals surface area contributed by atoms with Gasteiger partial charge in [0, 0.05) is 6.54 Å². The SMILES string of the molecule is Cc1ccc(CN(C)CC(O)CC2CCCC2)o1. The highest BCUT2D eigenvalue weighted by Gasteiger charge is 2.19. The third-order valence-electron chi connectivity index (χ3n) is 3.82. The first-order valence-corrected chi connectivity index (χ1v) is 7.05. The van der Waals surface area contributed by atoms with E-state index in [1.165, 1.54) is 25.7 Å². The molecule has 1 unspecified atom stereocenters. The van der Waals surface area contributed by atoms with Crippen LogP contribution in [0.5, 0.6) is 0 Å². The number of rotatable bonds is 6. The summed E-state index contributed by atoms with van der Waals surface area (Å²) in [5, 5.41) is 10.1. The van der Waals surface area contributed by atoms with Crippen LogP contribution in [0.3, 0.4) is 0 Å². The summed E-state index contributed by atoms with van der Waals surface area (Å²) in [6.45, 7) is 3.46. The van der Waals surface area contributed by atoms with Crippen LogP contribution >= 0.6 is 0 Å². The van der Waals surface area contributed by atoms with Crippen molar-refractivity contribution in [2.24, 2.45) is 5.92 Å². The number of aliphatic hydroxyl groups is 1. The number of nitrogens with zero attached hydrogens (tertiary/aromatic N) is 1. The van der Waals surface area contributed by atoms with E-state index in [2.05, 4.69) is 4.90 Å². The van der Waals surface area contributed by atoms with E-state index in [1.54, 1.807) is 0 Å². The van der Waals surface area contributed by atoms with Gasteiger partial charge >= 0.3 is 0 Å². The third-order valence-corrected chi connectivity index (χ3v) is 3.82. The summed E-state index contributed by atoms with van der Waals surface area (Å²) in [5.74, 6) is 2.67. The van der Waals surface area contributed by atoms with Crippen LogP contribution in [0, 0.1) is 12.8 Å². The second-order valence-corrected chi connectivity index (χ2v) is 5.75. The molecule has 1 heterocycles. The minimum atomic E-state index is -0.200. The van der Waals surface area contributed by atoms with E-state index in [0.717, 1.165) is 36.9 Å². The summed E-state index contributed by atoms with van der Waals surface area (Å²) in [4.78, 5) is 2.14. The monoisotopic (exact) mass is 251 g/mol. The van der Waals surface area contributed by atoms with Gasteiger partial charge in [-0.05, 0) is 38.4 Å². The second-order valence-electron chi connectivity index (χ2n) is 5.75. The van der Waals surface area contributed by atoms with E-state index in [-0.39, 0.29) is 6.10 Å². The molecular weight excluding hydrogens is 226 g/mol. The molecule has 0 amide bonds. The zero-order valence-corrected chi connectivity index (χ0v) is 11.6. The minimum Gasteiger partial charge on any atom is -0.465 e. The van der Waals surface area contributed by atoms with Crippen molar-refractivity contribution >= 4 is 0 Å². The molecule has 1 N–H and O–H groups in total. The molecule has 0 spiro atoms. The van der Waals surface area contributed by atoms with Gasteiger partial charge in [0.2, 0.25) is 0 Å². The van der Waals surface area contributed by atoms with Crippen LogP contribution in [0.25, 0.3) is 0 Å². The maximum Gasteiger partial charge on any atom is 0.118 e. The Kier molecular flexibility index (Phi) is 4.84. The number of hydrogen-bond acceptors (Lipinski definition) is 3. The number of furan rings is 1. The molecule has 0 radical (unpaired) electrons. The summed E-state index contributed by atoms with van der Waals surface area (Å²) in [6.07, 6.45) is 6.06. The number of hydrogen-bond donors (Lipinski definition) is 1. The fourth-order valence-corrected chi connectivity index (χ4v) is 2.97. The molecule has 1 saturated carbocycles. The Bertz CT molecular complexity index is 355. The van der Waals surface area contributed by atoms with Crippen molar-refractivity contribution in [3.05, 3.63) is 23.7 Å². The molecule has 1 fully saturated rings. The van der Waals surface area contributed by atoms with Crippen molar-refractivity contribution in [1.82, 2.24) is 4.90 Å². The van der Waals surface area contributed by atoms with Crippen LogP contribution in [-0.2, 0) is 6.54 Å². The molecule has 1 aliphatic rings. The van der Waals surface area contributed by atoms with Gasteiger partial charge in [-0.1, -0.05) is 25.7 Å². The molecule has 0 saturated heterocycles. The first kappa shape index (κ1) is 13.6. The van der Waals surface area contributed by atoms with Crippen molar-refractivity contribution in [2.45, 2.75) is 51.7 Å². The van der Waals surface area contributed by atoms with Crippen molar-refractivity contribution in [3.63, 3.8) is 0 Å². The lowest BCUT2D eigenvalue weighted by Crippen LogP contribution is -2.29.